The van der Waals surface area contributed by atoms with Gasteiger partial charge in [0.2, 0.25) is 0 Å². The molecule has 1 aliphatic heterocycles. The van der Waals surface area contributed by atoms with E-state index in [0.29, 0.717) is 36.1 Å². The predicted octanol–water partition coefficient (Wildman–Crippen LogP) is 5.15. The second-order valence-corrected chi connectivity index (χ2v) is 8.97. The quantitative estimate of drug-likeness (QED) is 0.430. The molecule has 4 aromatic rings. The first-order valence-corrected chi connectivity index (χ1v) is 11.2. The van der Waals surface area contributed by atoms with Crippen LogP contribution in [0.3, 0.4) is 0 Å². The third-order valence-corrected chi connectivity index (χ3v) is 7.01. The fourth-order valence-electron chi connectivity index (χ4n) is 3.91. The van der Waals surface area contributed by atoms with Crippen LogP contribution in [0.4, 0.5) is 10.1 Å². The number of benzene rings is 2. The van der Waals surface area contributed by atoms with Crippen LogP contribution >= 0.6 is 22.9 Å². The Morgan fingerprint density at radius 1 is 1.06 bits per heavy atom. The Bertz CT molecular complexity index is 1260. The molecule has 8 heteroatoms. The fourth-order valence-corrected chi connectivity index (χ4v) is 5.27. The molecule has 1 fully saturated rings. The molecule has 1 saturated heterocycles. The van der Waals surface area contributed by atoms with Gasteiger partial charge in [0.25, 0.3) is 5.91 Å². The monoisotopic (exact) mass is 454 g/mol. The predicted molar refractivity (Wildman–Crippen MR) is 123 cm³/mol. The van der Waals surface area contributed by atoms with Crippen molar-refractivity contribution in [1.29, 1.82) is 0 Å². The molecule has 1 aliphatic rings. The average molecular weight is 455 g/mol. The van der Waals surface area contributed by atoms with Crippen molar-refractivity contribution in [2.75, 3.05) is 31.1 Å². The van der Waals surface area contributed by atoms with E-state index >= 15 is 0 Å². The lowest BCUT2D eigenvalue weighted by Gasteiger charge is -2.36. The Morgan fingerprint density at radius 3 is 2.48 bits per heavy atom. The van der Waals surface area contributed by atoms with Gasteiger partial charge in [-0.1, -0.05) is 23.7 Å². The third-order valence-electron chi connectivity index (χ3n) is 5.59. The maximum atomic E-state index is 13.2. The van der Waals surface area contributed by atoms with E-state index in [4.69, 9.17) is 11.6 Å². The summed E-state index contributed by atoms with van der Waals surface area (Å²) in [7, 11) is 0. The first-order valence-electron chi connectivity index (χ1n) is 10.0. The zero-order valence-corrected chi connectivity index (χ0v) is 18.5. The molecule has 0 aliphatic carbocycles. The summed E-state index contributed by atoms with van der Waals surface area (Å²) in [6, 6.07) is 16.0. The van der Waals surface area contributed by atoms with Crippen molar-refractivity contribution < 1.29 is 9.18 Å². The number of carbonyl (C=O) groups excluding carboxylic acids is 1. The normalized spacial score (nSPS) is 14.4. The van der Waals surface area contributed by atoms with Crippen molar-refractivity contribution in [2.45, 2.75) is 6.92 Å². The molecule has 0 N–H and O–H groups in total. The van der Waals surface area contributed by atoms with Gasteiger partial charge in [0.1, 0.15) is 10.6 Å². The SMILES string of the molecule is Cc1nn(-c2ccccc2Cl)c2sc(C(=O)N3CCN(c4ccc(F)cc4)CC3)cc12. The summed E-state index contributed by atoms with van der Waals surface area (Å²) in [6.45, 7) is 4.63. The molecule has 0 radical (unpaired) electrons. The summed E-state index contributed by atoms with van der Waals surface area (Å²) < 4.78 is 15.0. The molecule has 0 unspecified atom stereocenters. The van der Waals surface area contributed by atoms with Crippen molar-refractivity contribution in [3.63, 3.8) is 0 Å². The number of halogens is 2. The molecule has 0 bridgehead atoms. The molecule has 5 rings (SSSR count). The van der Waals surface area contributed by atoms with E-state index in [1.54, 1.807) is 12.1 Å². The number of hydrogen-bond donors (Lipinski definition) is 0. The maximum Gasteiger partial charge on any atom is 0.264 e. The van der Waals surface area contributed by atoms with Gasteiger partial charge in [0, 0.05) is 37.3 Å². The zero-order chi connectivity index (χ0) is 21.5. The third kappa shape index (κ3) is 3.68. The van der Waals surface area contributed by atoms with Crippen LogP contribution in [0, 0.1) is 12.7 Å². The first-order chi connectivity index (χ1) is 15.0. The minimum Gasteiger partial charge on any atom is -0.368 e. The van der Waals surface area contributed by atoms with E-state index in [1.165, 1.54) is 23.5 Å². The summed E-state index contributed by atoms with van der Waals surface area (Å²) in [5.41, 5.74) is 2.65. The van der Waals surface area contributed by atoms with Crippen LogP contribution in [0.1, 0.15) is 15.4 Å². The van der Waals surface area contributed by atoms with Gasteiger partial charge in [-0.15, -0.1) is 11.3 Å². The summed E-state index contributed by atoms with van der Waals surface area (Å²) in [4.78, 5) is 18.9. The highest BCUT2D eigenvalue weighted by Crippen LogP contribution is 2.33. The van der Waals surface area contributed by atoms with Gasteiger partial charge in [0.15, 0.2) is 0 Å². The standard InChI is InChI=1S/C23H20ClFN4OS/c1-15-18-14-21(31-23(18)29(26-15)20-5-3-2-4-19(20)24)22(30)28-12-10-27(11-13-28)17-8-6-16(25)7-9-17/h2-9,14H,10-13H2,1H3. The van der Waals surface area contributed by atoms with E-state index in [2.05, 4.69) is 10.00 Å². The number of amides is 1. The Balaban J connectivity index is 1.37. The van der Waals surface area contributed by atoms with Crippen LogP contribution in [0.15, 0.2) is 54.6 Å². The highest BCUT2D eigenvalue weighted by molar-refractivity contribution is 7.20. The van der Waals surface area contributed by atoms with Gasteiger partial charge in [-0.2, -0.15) is 5.10 Å². The van der Waals surface area contributed by atoms with E-state index in [0.717, 1.165) is 27.3 Å². The molecular weight excluding hydrogens is 435 g/mol. The molecule has 31 heavy (non-hydrogen) atoms. The molecule has 0 spiro atoms. The minimum atomic E-state index is -0.243. The number of rotatable bonds is 3. The summed E-state index contributed by atoms with van der Waals surface area (Å²) in [5, 5.41) is 6.21. The van der Waals surface area contributed by atoms with Crippen molar-refractivity contribution in [1.82, 2.24) is 14.7 Å². The van der Waals surface area contributed by atoms with Crippen molar-refractivity contribution in [2.24, 2.45) is 0 Å². The molecule has 2 aromatic carbocycles. The van der Waals surface area contributed by atoms with E-state index in [9.17, 15) is 9.18 Å². The number of hydrogen-bond acceptors (Lipinski definition) is 4. The molecule has 3 heterocycles. The molecule has 0 saturated carbocycles. The summed E-state index contributed by atoms with van der Waals surface area (Å²) in [6.07, 6.45) is 0. The number of para-hydroxylation sites is 1. The first kappa shape index (κ1) is 20.0. The number of fused-ring (bicyclic) bond motifs is 1. The number of anilines is 1. The Labute approximate surface area is 188 Å². The zero-order valence-electron chi connectivity index (χ0n) is 16.9. The molecule has 2 aromatic heterocycles. The molecule has 0 atom stereocenters. The van der Waals surface area contributed by atoms with Crippen molar-refractivity contribution in [3.05, 3.63) is 76.0 Å². The number of carbonyl (C=O) groups is 1. The highest BCUT2D eigenvalue weighted by atomic mass is 35.5. The van der Waals surface area contributed by atoms with Crippen molar-refractivity contribution in [3.8, 4) is 5.69 Å². The maximum absolute atomic E-state index is 13.2. The van der Waals surface area contributed by atoms with E-state index < -0.39 is 0 Å². The second-order valence-electron chi connectivity index (χ2n) is 7.53. The van der Waals surface area contributed by atoms with Crippen LogP contribution in [0.2, 0.25) is 5.02 Å². The van der Waals surface area contributed by atoms with Crippen LogP contribution in [0.5, 0.6) is 0 Å². The number of nitrogens with zero attached hydrogens (tertiary/aromatic N) is 4. The number of aromatic nitrogens is 2. The summed E-state index contributed by atoms with van der Waals surface area (Å²) >= 11 is 7.82. The van der Waals surface area contributed by atoms with E-state index in [-0.39, 0.29) is 11.7 Å². The van der Waals surface area contributed by atoms with Crippen LogP contribution in [0.25, 0.3) is 15.9 Å². The van der Waals surface area contributed by atoms with Gasteiger partial charge >= 0.3 is 0 Å². The lowest BCUT2D eigenvalue weighted by atomic mass is 10.2. The Morgan fingerprint density at radius 2 is 1.77 bits per heavy atom. The van der Waals surface area contributed by atoms with Crippen LogP contribution in [-0.2, 0) is 0 Å². The van der Waals surface area contributed by atoms with Gasteiger partial charge in [-0.25, -0.2) is 9.07 Å². The molecule has 1 amide bonds. The minimum absolute atomic E-state index is 0.0325. The van der Waals surface area contributed by atoms with Gasteiger partial charge in [0.05, 0.1) is 21.3 Å². The van der Waals surface area contributed by atoms with Gasteiger partial charge in [-0.3, -0.25) is 4.79 Å². The highest BCUT2D eigenvalue weighted by Gasteiger charge is 2.25. The Kier molecular flexibility index (Phi) is 5.16. The molecule has 158 valence electrons. The molecule has 5 nitrogen and oxygen atoms in total. The van der Waals surface area contributed by atoms with Gasteiger partial charge < -0.3 is 9.80 Å². The average Bonchev–Trinajstić information content (AvgIpc) is 3.35. The number of aryl methyl sites for hydroxylation is 1. The Hall–Kier alpha value is -2.90. The number of thiophene rings is 1. The fraction of sp³-hybridized carbons (Fsp3) is 0.217. The van der Waals surface area contributed by atoms with E-state index in [1.807, 2.05) is 46.8 Å². The second kappa shape index (κ2) is 7.98. The largest absolute Gasteiger partial charge is 0.368 e. The van der Waals surface area contributed by atoms with Gasteiger partial charge in [-0.05, 0) is 49.4 Å². The summed E-state index contributed by atoms with van der Waals surface area (Å²) in [5.74, 6) is -0.210. The van der Waals surface area contributed by atoms with Crippen molar-refractivity contribution >= 4 is 44.7 Å². The lowest BCUT2D eigenvalue weighted by Crippen LogP contribution is -2.48. The van der Waals surface area contributed by atoms with Crippen LogP contribution < -0.4 is 4.90 Å². The molecular formula is C23H20ClFN4OS. The lowest BCUT2D eigenvalue weighted by molar-refractivity contribution is 0.0751. The smallest absolute Gasteiger partial charge is 0.264 e. The topological polar surface area (TPSA) is 41.4 Å². The van der Waals surface area contributed by atoms with Crippen LogP contribution in [-0.4, -0.2) is 46.8 Å². The number of piperazine rings is 1.